The number of hydrogen-bond donors (Lipinski definition) is 4. The molecule has 4 N–H and O–H groups in total. The minimum atomic E-state index is -1.74. The molecule has 2 aromatic carbocycles. The van der Waals surface area contributed by atoms with Gasteiger partial charge in [-0.2, -0.15) is 0 Å². The van der Waals surface area contributed by atoms with E-state index in [0.717, 1.165) is 21.1 Å². The molecular weight excluding hydrogens is 1350 g/mol. The number of nitrogens with zero attached hydrogens (tertiary/aromatic N) is 8. The van der Waals surface area contributed by atoms with Crippen LogP contribution in [0.15, 0.2) is 42.5 Å². The van der Waals surface area contributed by atoms with E-state index in [-0.39, 0.29) is 53.7 Å². The second-order valence-corrected chi connectivity index (χ2v) is 28.0. The van der Waals surface area contributed by atoms with E-state index in [1.54, 1.807) is 71.7 Å². The highest BCUT2D eigenvalue weighted by atomic mass is 127. The summed E-state index contributed by atoms with van der Waals surface area (Å²) in [5, 5.41) is 11.2. The molecule has 3 aliphatic heterocycles. The van der Waals surface area contributed by atoms with E-state index in [0.29, 0.717) is 56.5 Å². The van der Waals surface area contributed by atoms with Gasteiger partial charge in [-0.3, -0.25) is 57.5 Å². The number of unbranched alkanes of at least 4 members (excludes halogenated alkanes) is 1. The summed E-state index contributed by atoms with van der Waals surface area (Å²) in [6.07, 6.45) is 2.96. The Bertz CT molecular complexity index is 3130. The topological polar surface area (TPSA) is 288 Å². The SMILES string of the molecule is CCCC[C@@H]1NC(=O)[C@H](Cc2cccc(I)c2F)NC(=O)CN(C)C(=O)[C@H](Cc2ccc(OC)cc2)N(C)C(=O)[C@@H]2CCN2C(=O)[C@H](C)N(C)C(=O)[C@H]([C@@H](C)CC)NC(=O)[C@H](CC)N(C)C(=O)C[C@@H](C(=O)N2CCCCC2)N(C)C(=O)[C@H](CC(C)C)NC(=O)C(C)(C)N(C)C1=O. The van der Waals surface area contributed by atoms with Crippen molar-refractivity contribution in [1.82, 2.24) is 60.5 Å². The van der Waals surface area contributed by atoms with Gasteiger partial charge in [0.05, 0.1) is 20.1 Å². The van der Waals surface area contributed by atoms with E-state index in [1.165, 1.54) is 102 Å². The zero-order valence-corrected chi connectivity index (χ0v) is 61.2. The molecular formula is C69H104FIN12O13. The molecule has 25 nitrogen and oxygen atoms in total. The standard InChI is InChI=1S/C69H104FIN12O13/c1-17-20-27-48-63(90)81(15)69(8,9)68(95)74-50(36-41(4)5)62(89)79(13)54(66(93)82-33-22-21-23-34-82)39-56(85)78(12)51(19-3)60(87)75-58(42(6)18-2)67(94)77(11)43(7)61(88)83-35-32-52(83)65(92)80(14)53(37-44-28-30-46(96-16)31-29-44)64(91)76(10)40-55(84)72-49(59(86)73-48)38-45-25-24-26-47(71)57(45)70/h24-26,28-31,41-43,48-54,58H,17-23,27,32-40H2,1-16H3,(H,72,84)(H,73,86)(H,74,95)(H,75,87)/t42-,43-,48-,49-,50-,51-,52-,53-,54-,58-/m0/s1. The molecule has 2 aromatic rings. The quantitative estimate of drug-likeness (QED) is 0.196. The maximum absolute atomic E-state index is 15.9. The van der Waals surface area contributed by atoms with Crippen molar-refractivity contribution in [3.8, 4) is 5.75 Å². The Labute approximate surface area is 579 Å². The second-order valence-electron chi connectivity index (χ2n) is 26.9. The summed E-state index contributed by atoms with van der Waals surface area (Å²) in [4.78, 5) is 187. The van der Waals surface area contributed by atoms with Crippen molar-refractivity contribution in [2.24, 2.45) is 11.8 Å². The lowest BCUT2D eigenvalue weighted by Crippen LogP contribution is -2.65. The number of ether oxygens (including phenoxy) is 1. The molecule has 532 valence electrons. The summed E-state index contributed by atoms with van der Waals surface area (Å²) in [6.45, 7) is 15.4. The zero-order valence-electron chi connectivity index (χ0n) is 59.1. The second kappa shape index (κ2) is 35.7. The van der Waals surface area contributed by atoms with E-state index < -0.39 is 162 Å². The van der Waals surface area contributed by atoms with E-state index >= 15 is 9.18 Å². The van der Waals surface area contributed by atoms with Crippen LogP contribution in [0.2, 0.25) is 0 Å². The molecule has 3 saturated heterocycles. The number of methoxy groups -OCH3 is 1. The van der Waals surface area contributed by atoms with E-state index in [4.69, 9.17) is 4.74 Å². The number of benzene rings is 2. The summed E-state index contributed by atoms with van der Waals surface area (Å²) in [6, 6.07) is -0.178. The Balaban J connectivity index is 1.63. The van der Waals surface area contributed by atoms with Crippen molar-refractivity contribution in [2.45, 2.75) is 206 Å². The largest absolute Gasteiger partial charge is 0.497 e. The minimum absolute atomic E-state index is 0.0503. The Morgan fingerprint density at radius 1 is 0.688 bits per heavy atom. The van der Waals surface area contributed by atoms with Crippen LogP contribution >= 0.6 is 22.6 Å². The third kappa shape index (κ3) is 19.6. The number of likely N-dealkylation sites (tertiary alicyclic amines) is 1. The third-order valence-corrected chi connectivity index (χ3v) is 20.2. The predicted molar refractivity (Wildman–Crippen MR) is 368 cm³/mol. The van der Waals surface area contributed by atoms with Crippen LogP contribution in [-0.2, 0) is 70.4 Å². The highest BCUT2D eigenvalue weighted by molar-refractivity contribution is 14.1. The van der Waals surface area contributed by atoms with Gasteiger partial charge in [-0.05, 0) is 129 Å². The molecule has 3 fully saturated rings. The first-order valence-electron chi connectivity index (χ1n) is 33.6. The molecule has 12 amide bonds. The Kier molecular flexibility index (Phi) is 29.5. The average molecular weight is 1460 g/mol. The fourth-order valence-electron chi connectivity index (χ4n) is 12.2. The number of piperidine rings is 1. The van der Waals surface area contributed by atoms with E-state index in [1.807, 2.05) is 27.7 Å². The first-order chi connectivity index (χ1) is 45.2. The Hall–Kier alpha value is -7.46. The lowest BCUT2D eigenvalue weighted by atomic mass is 9.95. The van der Waals surface area contributed by atoms with Crippen LogP contribution in [0.4, 0.5) is 4.39 Å². The summed E-state index contributed by atoms with van der Waals surface area (Å²) in [5.41, 5.74) is -1.09. The van der Waals surface area contributed by atoms with E-state index in [9.17, 15) is 52.7 Å². The fraction of sp³-hybridized carbons (Fsp3) is 0.652. The molecule has 0 radical (unpaired) electrons. The van der Waals surface area contributed by atoms with Gasteiger partial charge in [0.1, 0.15) is 71.5 Å². The van der Waals surface area contributed by atoms with Crippen LogP contribution in [0.1, 0.15) is 144 Å². The molecule has 0 aromatic heterocycles. The molecule has 3 heterocycles. The minimum Gasteiger partial charge on any atom is -0.497 e. The van der Waals surface area contributed by atoms with Gasteiger partial charge in [0.2, 0.25) is 70.9 Å². The van der Waals surface area contributed by atoms with Gasteiger partial charge in [-0.25, -0.2) is 4.39 Å². The molecule has 0 saturated carbocycles. The number of halogens is 2. The van der Waals surface area contributed by atoms with Gasteiger partial charge in [-0.1, -0.05) is 85.1 Å². The highest BCUT2D eigenvalue weighted by Gasteiger charge is 2.47. The number of carbonyl (C=O) groups excluding carboxylic acids is 12. The van der Waals surface area contributed by atoms with Crippen molar-refractivity contribution in [2.75, 3.05) is 75.6 Å². The Morgan fingerprint density at radius 2 is 1.33 bits per heavy atom. The average Bonchev–Trinajstić information content (AvgIpc) is 0.834. The van der Waals surface area contributed by atoms with Crippen LogP contribution in [0, 0.1) is 21.2 Å². The number of likely N-dealkylation sites (N-methyl/N-ethyl adjacent to an activating group) is 6. The third-order valence-electron chi connectivity index (χ3n) is 19.4. The molecule has 5 rings (SSSR count). The molecule has 3 aliphatic rings. The van der Waals surface area contributed by atoms with Crippen molar-refractivity contribution in [3.63, 3.8) is 0 Å². The summed E-state index contributed by atoms with van der Waals surface area (Å²) in [7, 11) is 9.83. The Morgan fingerprint density at radius 3 is 1.91 bits per heavy atom. The predicted octanol–water partition coefficient (Wildman–Crippen LogP) is 3.90. The molecule has 27 heteroatoms. The van der Waals surface area contributed by atoms with Crippen LogP contribution in [0.3, 0.4) is 0 Å². The van der Waals surface area contributed by atoms with Crippen LogP contribution in [0.25, 0.3) is 0 Å². The number of fused-ring (bicyclic) bond motifs is 1. The van der Waals surface area contributed by atoms with Crippen LogP contribution in [-0.4, -0.2) is 246 Å². The molecule has 0 aliphatic carbocycles. The van der Waals surface area contributed by atoms with Crippen molar-refractivity contribution < 1.29 is 66.7 Å². The van der Waals surface area contributed by atoms with Gasteiger partial charge >= 0.3 is 0 Å². The maximum atomic E-state index is 15.9. The van der Waals surface area contributed by atoms with Crippen molar-refractivity contribution in [3.05, 3.63) is 63.0 Å². The molecule has 0 spiro atoms. The normalized spacial score (nSPS) is 25.6. The number of rotatable bonds is 14. The van der Waals surface area contributed by atoms with Gasteiger partial charge in [-0.15, -0.1) is 0 Å². The smallest absolute Gasteiger partial charge is 0.246 e. The number of amides is 12. The monoisotopic (exact) mass is 1450 g/mol. The lowest BCUT2D eigenvalue weighted by molar-refractivity contribution is -0.160. The van der Waals surface area contributed by atoms with Gasteiger partial charge in [0.25, 0.3) is 0 Å². The lowest BCUT2D eigenvalue weighted by Gasteiger charge is -2.45. The number of hydrogen-bond acceptors (Lipinski definition) is 13. The van der Waals surface area contributed by atoms with Gasteiger partial charge < -0.3 is 65.2 Å². The van der Waals surface area contributed by atoms with Gasteiger partial charge in [0, 0.05) is 78.3 Å². The number of nitrogens with one attached hydrogen (secondary N) is 4. The molecule has 0 unspecified atom stereocenters. The van der Waals surface area contributed by atoms with Crippen molar-refractivity contribution in [1.29, 1.82) is 0 Å². The fourth-order valence-corrected chi connectivity index (χ4v) is 12.8. The summed E-state index contributed by atoms with van der Waals surface area (Å²) < 4.78 is 21.5. The van der Waals surface area contributed by atoms with Crippen molar-refractivity contribution >= 4 is 93.5 Å². The molecule has 96 heavy (non-hydrogen) atoms. The molecule has 0 bridgehead atoms. The molecule has 10 atom stereocenters. The van der Waals surface area contributed by atoms with Crippen LogP contribution < -0.4 is 26.0 Å². The highest BCUT2D eigenvalue weighted by Crippen LogP contribution is 2.27. The summed E-state index contributed by atoms with van der Waals surface area (Å²) in [5.74, 6) is -9.21. The number of carbonyl (C=O) groups is 12. The first-order valence-corrected chi connectivity index (χ1v) is 34.7. The van der Waals surface area contributed by atoms with Crippen LogP contribution in [0.5, 0.6) is 5.75 Å². The maximum Gasteiger partial charge on any atom is 0.246 e. The van der Waals surface area contributed by atoms with Gasteiger partial charge in [0.15, 0.2) is 0 Å². The summed E-state index contributed by atoms with van der Waals surface area (Å²) >= 11 is 1.80. The zero-order chi connectivity index (χ0) is 71.8. The first kappa shape index (κ1) is 79.2. The van der Waals surface area contributed by atoms with E-state index in [2.05, 4.69) is 21.3 Å².